The number of amides is 1. The van der Waals surface area contributed by atoms with Crippen molar-refractivity contribution < 1.29 is 9.90 Å². The summed E-state index contributed by atoms with van der Waals surface area (Å²) in [5.74, 6) is 0.342. The molecule has 1 aliphatic heterocycles. The number of hydrogen-bond acceptors (Lipinski definition) is 4. The molecule has 1 aliphatic carbocycles. The Hall–Kier alpha value is -1.33. The molecule has 1 amide bonds. The van der Waals surface area contributed by atoms with Crippen molar-refractivity contribution in [3.63, 3.8) is 0 Å². The van der Waals surface area contributed by atoms with Crippen LogP contribution < -0.4 is 5.73 Å². The van der Waals surface area contributed by atoms with E-state index in [4.69, 9.17) is 17.3 Å². The van der Waals surface area contributed by atoms with E-state index in [0.717, 1.165) is 25.7 Å². The van der Waals surface area contributed by atoms with Crippen LogP contribution in [0.4, 0.5) is 5.82 Å². The number of nitrogens with two attached hydrogens (primary N) is 1. The Balaban J connectivity index is 1.77. The number of piperidine rings is 1. The minimum atomic E-state index is -0.579. The summed E-state index contributed by atoms with van der Waals surface area (Å²) < 4.78 is 0. The Morgan fingerprint density at radius 2 is 2.24 bits per heavy atom. The largest absolute Gasteiger partial charge is 0.389 e. The van der Waals surface area contributed by atoms with Crippen molar-refractivity contribution in [3.8, 4) is 0 Å². The van der Waals surface area contributed by atoms with E-state index in [1.165, 1.54) is 0 Å². The monoisotopic (exact) mass is 309 g/mol. The normalized spacial score (nSPS) is 29.0. The Bertz CT molecular complexity index is 546. The molecule has 114 valence electrons. The quantitative estimate of drug-likeness (QED) is 0.778. The molecule has 3 N–H and O–H groups in total. The molecule has 2 atom stereocenters. The number of hydrogen-bond donors (Lipinski definition) is 2. The number of fused-ring (bicyclic) bond motifs is 1. The zero-order chi connectivity index (χ0) is 15.0. The maximum Gasteiger partial charge on any atom is 0.254 e. The number of aliphatic hydroxyl groups is 1. The van der Waals surface area contributed by atoms with Gasteiger partial charge < -0.3 is 15.7 Å². The minimum Gasteiger partial charge on any atom is -0.389 e. The van der Waals surface area contributed by atoms with E-state index in [2.05, 4.69) is 4.98 Å². The third kappa shape index (κ3) is 2.85. The molecular formula is C15H20ClN3O2. The van der Waals surface area contributed by atoms with Crippen molar-refractivity contribution in [3.05, 3.63) is 22.8 Å². The number of aromatic nitrogens is 1. The fraction of sp³-hybridized carbons (Fsp3) is 0.600. The topological polar surface area (TPSA) is 79.5 Å². The van der Waals surface area contributed by atoms with Crippen molar-refractivity contribution in [2.45, 2.75) is 37.7 Å². The zero-order valence-corrected chi connectivity index (χ0v) is 12.6. The maximum atomic E-state index is 12.6. The average Bonchev–Trinajstić information content (AvgIpc) is 2.44. The van der Waals surface area contributed by atoms with Gasteiger partial charge in [-0.3, -0.25) is 4.79 Å². The summed E-state index contributed by atoms with van der Waals surface area (Å²) in [5, 5.41) is 10.9. The molecule has 6 heteroatoms. The highest BCUT2D eigenvalue weighted by Crippen LogP contribution is 2.40. The lowest BCUT2D eigenvalue weighted by Gasteiger charge is -2.47. The van der Waals surface area contributed by atoms with Crippen LogP contribution in [0.2, 0.25) is 5.15 Å². The first-order valence-electron chi connectivity index (χ1n) is 7.43. The fourth-order valence-corrected chi connectivity index (χ4v) is 3.79. The molecule has 2 heterocycles. The van der Waals surface area contributed by atoms with Crippen molar-refractivity contribution in [2.24, 2.45) is 5.92 Å². The maximum absolute atomic E-state index is 12.6. The molecule has 2 unspecified atom stereocenters. The zero-order valence-electron chi connectivity index (χ0n) is 11.9. The van der Waals surface area contributed by atoms with Crippen LogP contribution in [0.15, 0.2) is 12.1 Å². The van der Waals surface area contributed by atoms with Gasteiger partial charge in [-0.2, -0.15) is 0 Å². The van der Waals surface area contributed by atoms with Crippen LogP contribution >= 0.6 is 11.6 Å². The minimum absolute atomic E-state index is 0.0846. The molecule has 0 spiro atoms. The van der Waals surface area contributed by atoms with Gasteiger partial charge in [0, 0.05) is 24.6 Å². The van der Waals surface area contributed by atoms with Gasteiger partial charge in [0.2, 0.25) is 0 Å². The molecule has 0 radical (unpaired) electrons. The number of pyridine rings is 1. The van der Waals surface area contributed by atoms with Crippen LogP contribution in [0.5, 0.6) is 0 Å². The van der Waals surface area contributed by atoms with E-state index in [9.17, 15) is 9.90 Å². The molecule has 21 heavy (non-hydrogen) atoms. The molecule has 1 saturated heterocycles. The first-order valence-corrected chi connectivity index (χ1v) is 7.80. The molecule has 1 saturated carbocycles. The SMILES string of the molecule is Nc1cc(C(=O)N2CCC3(O)CCCCC3C2)cc(Cl)n1. The van der Waals surface area contributed by atoms with Crippen molar-refractivity contribution in [1.29, 1.82) is 0 Å². The third-order valence-corrected chi connectivity index (χ3v) is 4.97. The van der Waals surface area contributed by atoms with Gasteiger partial charge in [0.25, 0.3) is 5.91 Å². The van der Waals surface area contributed by atoms with Crippen molar-refractivity contribution in [1.82, 2.24) is 9.88 Å². The van der Waals surface area contributed by atoms with Gasteiger partial charge in [-0.05, 0) is 31.4 Å². The summed E-state index contributed by atoms with van der Waals surface area (Å²) in [6.07, 6.45) is 4.70. The highest BCUT2D eigenvalue weighted by Gasteiger charge is 2.43. The van der Waals surface area contributed by atoms with Gasteiger partial charge in [-0.15, -0.1) is 0 Å². The lowest BCUT2D eigenvalue weighted by Crippen LogP contribution is -2.54. The summed E-state index contributed by atoms with van der Waals surface area (Å²) >= 11 is 5.86. The van der Waals surface area contributed by atoms with Crippen LogP contribution in [-0.4, -0.2) is 39.6 Å². The lowest BCUT2D eigenvalue weighted by molar-refractivity contribution is -0.0886. The molecule has 2 aliphatic rings. The predicted octanol–water partition coefficient (Wildman–Crippen LogP) is 2.08. The van der Waals surface area contributed by atoms with E-state index < -0.39 is 5.60 Å². The smallest absolute Gasteiger partial charge is 0.254 e. The van der Waals surface area contributed by atoms with Gasteiger partial charge in [-0.25, -0.2) is 4.98 Å². The number of carbonyl (C=O) groups excluding carboxylic acids is 1. The lowest BCUT2D eigenvalue weighted by atomic mass is 9.71. The number of nitrogens with zero attached hydrogens (tertiary/aromatic N) is 2. The first-order chi connectivity index (χ1) is 9.98. The van der Waals surface area contributed by atoms with E-state index >= 15 is 0 Å². The fourth-order valence-electron chi connectivity index (χ4n) is 3.58. The molecule has 0 bridgehead atoms. The van der Waals surface area contributed by atoms with Crippen molar-refractivity contribution in [2.75, 3.05) is 18.8 Å². The second kappa shape index (κ2) is 5.46. The van der Waals surface area contributed by atoms with Crippen LogP contribution in [-0.2, 0) is 0 Å². The number of rotatable bonds is 1. The summed E-state index contributed by atoms with van der Waals surface area (Å²) in [5.41, 5.74) is 5.53. The van der Waals surface area contributed by atoms with Gasteiger partial charge in [0.1, 0.15) is 11.0 Å². The van der Waals surface area contributed by atoms with Gasteiger partial charge in [0.15, 0.2) is 0 Å². The highest BCUT2D eigenvalue weighted by molar-refractivity contribution is 6.29. The summed E-state index contributed by atoms with van der Waals surface area (Å²) in [7, 11) is 0. The van der Waals surface area contributed by atoms with E-state index in [1.54, 1.807) is 17.0 Å². The first kappa shape index (κ1) is 14.6. The summed E-state index contributed by atoms with van der Waals surface area (Å²) in [6, 6.07) is 3.10. The number of likely N-dealkylation sites (tertiary alicyclic amines) is 1. The number of carbonyl (C=O) groups is 1. The predicted molar refractivity (Wildman–Crippen MR) is 81.1 cm³/mol. The van der Waals surface area contributed by atoms with Crippen LogP contribution in [0.25, 0.3) is 0 Å². The number of nitrogen functional groups attached to an aromatic ring is 1. The highest BCUT2D eigenvalue weighted by atomic mass is 35.5. The molecule has 3 rings (SSSR count). The Morgan fingerprint density at radius 1 is 1.43 bits per heavy atom. The molecule has 2 fully saturated rings. The van der Waals surface area contributed by atoms with E-state index in [1.807, 2.05) is 0 Å². The van der Waals surface area contributed by atoms with Crippen molar-refractivity contribution >= 4 is 23.3 Å². The molecule has 1 aromatic rings. The second-order valence-corrected chi connectivity index (χ2v) is 6.54. The Kier molecular flexibility index (Phi) is 3.80. The van der Waals surface area contributed by atoms with Gasteiger partial charge >= 0.3 is 0 Å². The van der Waals surface area contributed by atoms with E-state index in [-0.39, 0.29) is 22.8 Å². The van der Waals surface area contributed by atoms with Gasteiger partial charge in [-0.1, -0.05) is 24.4 Å². The molecule has 5 nitrogen and oxygen atoms in total. The summed E-state index contributed by atoms with van der Waals surface area (Å²) in [6.45, 7) is 1.18. The van der Waals surface area contributed by atoms with Crippen LogP contribution in [0.3, 0.4) is 0 Å². The third-order valence-electron chi connectivity index (χ3n) is 4.78. The standard InChI is InChI=1S/C15H20ClN3O2/c16-12-7-10(8-13(17)18-12)14(20)19-6-5-15(21)4-2-1-3-11(15)9-19/h7-8,11,21H,1-6,9H2,(H2,17,18). The molecular weight excluding hydrogens is 290 g/mol. The average molecular weight is 310 g/mol. The van der Waals surface area contributed by atoms with Gasteiger partial charge in [0.05, 0.1) is 5.60 Å². The van der Waals surface area contributed by atoms with E-state index in [0.29, 0.717) is 25.1 Å². The van der Waals surface area contributed by atoms with Crippen LogP contribution in [0.1, 0.15) is 42.5 Å². The molecule has 1 aromatic heterocycles. The van der Waals surface area contributed by atoms with Crippen LogP contribution in [0, 0.1) is 5.92 Å². The number of anilines is 1. The molecule has 0 aromatic carbocycles. The second-order valence-electron chi connectivity index (χ2n) is 6.15. The Labute approximate surface area is 129 Å². The number of halogens is 1. The Morgan fingerprint density at radius 3 is 3.00 bits per heavy atom. The summed E-state index contributed by atoms with van der Waals surface area (Å²) in [4.78, 5) is 18.3.